The summed E-state index contributed by atoms with van der Waals surface area (Å²) in [7, 11) is 0. The average molecular weight is 1010 g/mol. The lowest BCUT2D eigenvalue weighted by Gasteiger charge is -2.59. The molecular weight excluding hydrogens is 949 g/mol. The Labute approximate surface area is 468 Å². The van der Waals surface area contributed by atoms with E-state index in [1.165, 1.54) is 66.8 Å². The minimum Gasteiger partial charge on any atom is -0.0622 e. The second-order valence-electron chi connectivity index (χ2n) is 21.0. The fraction of sp³-hybridized carbons (Fsp3) is 0.0886. The molecule has 0 bridgehead atoms. The Morgan fingerprint density at radius 3 is 0.316 bits per heavy atom. The van der Waals surface area contributed by atoms with Crippen molar-refractivity contribution < 1.29 is 0 Å². The Hall–Kier alpha value is -9.36. The summed E-state index contributed by atoms with van der Waals surface area (Å²) in [6, 6.07) is 138. The SMILES string of the molecule is c1ccc(C(c2ccccc2)(c2ccccc2)C(CC(C(c2ccccc2)(c2ccccc2)c2ccccc2)C(c2ccccc2)(c2ccccc2)c2ccccc2)C(c2ccccc2)(c2ccccc2)c2ccccc2)cc1. The van der Waals surface area contributed by atoms with Crippen molar-refractivity contribution in [1.29, 1.82) is 0 Å². The third kappa shape index (κ3) is 8.75. The summed E-state index contributed by atoms with van der Waals surface area (Å²) in [5.41, 5.74) is 11.2. The quantitative estimate of drug-likeness (QED) is 0.0752. The zero-order valence-corrected chi connectivity index (χ0v) is 44.5. The van der Waals surface area contributed by atoms with E-state index in [1.54, 1.807) is 0 Å². The fourth-order valence-electron chi connectivity index (χ4n) is 14.4. The van der Waals surface area contributed by atoms with Crippen LogP contribution in [0.4, 0.5) is 0 Å². The summed E-state index contributed by atoms with van der Waals surface area (Å²) >= 11 is 0. The highest BCUT2D eigenvalue weighted by Crippen LogP contribution is 2.66. The second kappa shape index (κ2) is 22.7. The summed E-state index contributed by atoms with van der Waals surface area (Å²) in [5, 5.41) is 0. The van der Waals surface area contributed by atoms with E-state index < -0.39 is 21.7 Å². The van der Waals surface area contributed by atoms with Gasteiger partial charge in [-0.15, -0.1) is 0 Å². The van der Waals surface area contributed by atoms with Gasteiger partial charge in [0.2, 0.25) is 0 Å². The Kier molecular flexibility index (Phi) is 14.5. The largest absolute Gasteiger partial charge is 0.0622 e. The van der Waals surface area contributed by atoms with Crippen LogP contribution in [-0.4, -0.2) is 0 Å². The molecule has 0 saturated heterocycles. The summed E-state index contributed by atoms with van der Waals surface area (Å²) in [6.45, 7) is 0. The van der Waals surface area contributed by atoms with Crippen molar-refractivity contribution in [2.75, 3.05) is 0 Å². The van der Waals surface area contributed by atoms with E-state index in [1.807, 2.05) is 0 Å². The minimum atomic E-state index is -0.866. The maximum absolute atomic E-state index is 2.41. The zero-order valence-electron chi connectivity index (χ0n) is 44.5. The van der Waals surface area contributed by atoms with E-state index >= 15 is 0 Å². The molecule has 0 aromatic heterocycles. The van der Waals surface area contributed by atoms with Crippen molar-refractivity contribution in [2.24, 2.45) is 11.8 Å². The van der Waals surface area contributed by atoms with E-state index in [2.05, 4.69) is 364 Å². The maximum atomic E-state index is 2.41. The Balaban J connectivity index is 1.40. The summed E-state index contributed by atoms with van der Waals surface area (Å²) in [6.07, 6.45) is 0.634. The van der Waals surface area contributed by atoms with Crippen molar-refractivity contribution in [3.8, 4) is 0 Å². The van der Waals surface area contributed by atoms with Gasteiger partial charge in [0, 0.05) is 21.7 Å². The van der Waals surface area contributed by atoms with Crippen LogP contribution in [0.3, 0.4) is 0 Å². The monoisotopic (exact) mass is 1010 g/mol. The zero-order chi connectivity index (χ0) is 53.2. The lowest BCUT2D eigenvalue weighted by molar-refractivity contribution is 0.151. The molecule has 79 heavy (non-hydrogen) atoms. The van der Waals surface area contributed by atoms with Crippen LogP contribution in [0.1, 0.15) is 73.2 Å². The van der Waals surface area contributed by atoms with Crippen LogP contribution in [-0.2, 0) is 21.7 Å². The lowest BCUT2D eigenvalue weighted by atomic mass is 9.42. The molecule has 0 heterocycles. The van der Waals surface area contributed by atoms with Crippen molar-refractivity contribution in [1.82, 2.24) is 0 Å². The van der Waals surface area contributed by atoms with Gasteiger partial charge in [0.05, 0.1) is 0 Å². The predicted octanol–water partition coefficient (Wildman–Crippen LogP) is 18.7. The minimum absolute atomic E-state index is 0.338. The molecule has 12 rings (SSSR count). The van der Waals surface area contributed by atoms with E-state index in [-0.39, 0.29) is 11.8 Å². The van der Waals surface area contributed by atoms with Gasteiger partial charge in [-0.3, -0.25) is 0 Å². The number of benzene rings is 12. The van der Waals surface area contributed by atoms with Gasteiger partial charge in [-0.25, -0.2) is 0 Å². The van der Waals surface area contributed by atoms with Gasteiger partial charge in [-0.1, -0.05) is 364 Å². The van der Waals surface area contributed by atoms with Crippen molar-refractivity contribution in [2.45, 2.75) is 28.1 Å². The first-order chi connectivity index (χ1) is 39.2. The van der Waals surface area contributed by atoms with Gasteiger partial charge in [0.15, 0.2) is 0 Å². The van der Waals surface area contributed by atoms with Gasteiger partial charge < -0.3 is 0 Å². The van der Waals surface area contributed by atoms with Crippen LogP contribution in [0, 0.1) is 11.8 Å². The average Bonchev–Trinajstić information content (AvgIpc) is 3.69. The first kappa shape index (κ1) is 50.5. The Morgan fingerprint density at radius 1 is 0.139 bits per heavy atom. The van der Waals surface area contributed by atoms with E-state index in [0.717, 1.165) is 0 Å². The van der Waals surface area contributed by atoms with Crippen LogP contribution in [0.15, 0.2) is 364 Å². The molecule has 0 atom stereocenters. The highest BCUT2D eigenvalue weighted by molar-refractivity contribution is 5.64. The van der Waals surface area contributed by atoms with Crippen molar-refractivity contribution >= 4 is 0 Å². The smallest absolute Gasteiger partial charge is 0.0494 e. The molecule has 0 nitrogen and oxygen atoms in total. The number of rotatable bonds is 18. The van der Waals surface area contributed by atoms with E-state index in [9.17, 15) is 0 Å². The topological polar surface area (TPSA) is 0 Å². The van der Waals surface area contributed by atoms with Gasteiger partial charge in [0.25, 0.3) is 0 Å². The van der Waals surface area contributed by atoms with Crippen LogP contribution in [0.25, 0.3) is 0 Å². The third-order valence-electron chi connectivity index (χ3n) is 17.3. The van der Waals surface area contributed by atoms with Gasteiger partial charge in [-0.05, 0) is 85.0 Å². The molecule has 0 spiro atoms. The molecule has 0 fully saturated rings. The molecular formula is C79H64. The van der Waals surface area contributed by atoms with Gasteiger partial charge >= 0.3 is 0 Å². The normalized spacial score (nSPS) is 12.1. The van der Waals surface area contributed by atoms with Gasteiger partial charge in [0.1, 0.15) is 0 Å². The van der Waals surface area contributed by atoms with Crippen LogP contribution in [0.5, 0.6) is 0 Å². The summed E-state index contributed by atoms with van der Waals surface area (Å²) in [5.74, 6) is -0.675. The highest BCUT2D eigenvalue weighted by atomic mass is 14.6. The first-order valence-corrected chi connectivity index (χ1v) is 27.9. The van der Waals surface area contributed by atoms with Crippen molar-refractivity contribution in [3.63, 3.8) is 0 Å². The molecule has 0 amide bonds. The second-order valence-corrected chi connectivity index (χ2v) is 21.0. The van der Waals surface area contributed by atoms with Crippen LogP contribution in [0.2, 0.25) is 0 Å². The molecule has 12 aromatic carbocycles. The lowest BCUT2D eigenvalue weighted by Crippen LogP contribution is -2.57. The first-order valence-electron chi connectivity index (χ1n) is 27.9. The van der Waals surface area contributed by atoms with Crippen molar-refractivity contribution in [3.05, 3.63) is 431 Å². The van der Waals surface area contributed by atoms with Crippen LogP contribution >= 0.6 is 0 Å². The van der Waals surface area contributed by atoms with Gasteiger partial charge in [-0.2, -0.15) is 0 Å². The third-order valence-corrected chi connectivity index (χ3v) is 17.3. The molecule has 0 radical (unpaired) electrons. The highest BCUT2D eigenvalue weighted by Gasteiger charge is 2.63. The standard InChI is InChI=1S/C79H64/c1-13-37-62(38-14-1)76(63-39-15-2-16-40-63,64-41-17-3-18-42-64)74(77(65-43-19-4-20-44-65,66-45-21-5-22-46-66)67-47-23-6-24-48-67)61-75(78(68-49-25-7-26-50-68,69-51-27-8-28-52-69)70-53-29-9-30-54-70)79(71-55-31-10-32-56-71,72-57-33-11-34-58-72)73-59-35-12-36-60-73/h1-60,74-75H,61H2. The fourth-order valence-corrected chi connectivity index (χ4v) is 14.4. The summed E-state index contributed by atoms with van der Waals surface area (Å²) < 4.78 is 0. The Morgan fingerprint density at radius 2 is 0.228 bits per heavy atom. The molecule has 12 aromatic rings. The number of hydrogen-bond acceptors (Lipinski definition) is 0. The predicted molar refractivity (Wildman–Crippen MR) is 328 cm³/mol. The van der Waals surface area contributed by atoms with E-state index in [0.29, 0.717) is 6.42 Å². The Bertz CT molecular complexity index is 2850. The maximum Gasteiger partial charge on any atom is 0.0494 e. The molecule has 380 valence electrons. The molecule has 0 aliphatic heterocycles. The molecule has 0 unspecified atom stereocenters. The molecule has 0 saturated carbocycles. The molecule has 0 N–H and O–H groups in total. The molecule has 0 aliphatic carbocycles. The summed E-state index contributed by atoms with van der Waals surface area (Å²) in [4.78, 5) is 0. The molecule has 0 aliphatic rings. The van der Waals surface area contributed by atoms with E-state index in [4.69, 9.17) is 0 Å². The molecule has 0 heteroatoms. The number of hydrogen-bond donors (Lipinski definition) is 0. The van der Waals surface area contributed by atoms with Crippen LogP contribution < -0.4 is 0 Å².